The smallest absolute Gasteiger partial charge is 0.387 e. The molecule has 130 valence electrons. The Morgan fingerprint density at radius 1 is 1.29 bits per heavy atom. The summed E-state index contributed by atoms with van der Waals surface area (Å²) in [4.78, 5) is 6.23. The van der Waals surface area contributed by atoms with E-state index in [4.69, 9.17) is 5.11 Å². The molecule has 1 aromatic carbocycles. The number of anilines is 2. The molecule has 0 aliphatic carbocycles. The van der Waals surface area contributed by atoms with Crippen molar-refractivity contribution in [3.05, 3.63) is 48.2 Å². The van der Waals surface area contributed by atoms with E-state index in [1.807, 2.05) is 37.1 Å². The fraction of sp³-hybridized carbons (Fsp3) is 0.353. The number of rotatable bonds is 8. The molecule has 0 saturated carbocycles. The summed E-state index contributed by atoms with van der Waals surface area (Å²) in [6, 6.07) is 10.2. The highest BCUT2D eigenvalue weighted by Crippen LogP contribution is 2.23. The zero-order valence-electron chi connectivity index (χ0n) is 13.6. The van der Waals surface area contributed by atoms with Gasteiger partial charge in [-0.15, -0.1) is 0 Å². The topological polar surface area (TPSA) is 57.6 Å². The van der Waals surface area contributed by atoms with Gasteiger partial charge in [0, 0.05) is 13.6 Å². The molecular weight excluding hydrogens is 316 g/mol. The molecule has 0 aliphatic heterocycles. The van der Waals surface area contributed by atoms with Gasteiger partial charge < -0.3 is 20.1 Å². The van der Waals surface area contributed by atoms with Crippen molar-refractivity contribution in [3.8, 4) is 5.75 Å². The SMILES string of the molecule is CC(Nc1ccc(N(C)CCO)cn1)c1cccc(OC(F)F)c1. The lowest BCUT2D eigenvalue weighted by molar-refractivity contribution is -0.0498. The zero-order chi connectivity index (χ0) is 17.5. The lowest BCUT2D eigenvalue weighted by Crippen LogP contribution is -2.21. The van der Waals surface area contributed by atoms with E-state index in [-0.39, 0.29) is 18.4 Å². The number of aromatic nitrogens is 1. The van der Waals surface area contributed by atoms with E-state index in [1.54, 1.807) is 18.3 Å². The average Bonchev–Trinajstić information content (AvgIpc) is 2.55. The third-order valence-corrected chi connectivity index (χ3v) is 3.57. The summed E-state index contributed by atoms with van der Waals surface area (Å²) < 4.78 is 29.0. The van der Waals surface area contributed by atoms with Gasteiger partial charge in [0.15, 0.2) is 0 Å². The van der Waals surface area contributed by atoms with Crippen LogP contribution in [-0.2, 0) is 0 Å². The summed E-state index contributed by atoms with van der Waals surface area (Å²) in [5, 5.41) is 12.2. The van der Waals surface area contributed by atoms with Gasteiger partial charge in [0.05, 0.1) is 24.5 Å². The highest BCUT2D eigenvalue weighted by molar-refractivity contribution is 5.49. The Balaban J connectivity index is 2.02. The molecule has 1 heterocycles. The van der Waals surface area contributed by atoms with Crippen LogP contribution in [0, 0.1) is 0 Å². The number of likely N-dealkylation sites (N-methyl/N-ethyl adjacent to an activating group) is 1. The normalized spacial score (nSPS) is 12.1. The highest BCUT2D eigenvalue weighted by atomic mass is 19.3. The van der Waals surface area contributed by atoms with Gasteiger partial charge in [-0.25, -0.2) is 4.98 Å². The van der Waals surface area contributed by atoms with Crippen LogP contribution in [0.5, 0.6) is 5.75 Å². The van der Waals surface area contributed by atoms with Crippen LogP contribution in [-0.4, -0.2) is 36.9 Å². The van der Waals surface area contributed by atoms with Gasteiger partial charge in [0.25, 0.3) is 0 Å². The number of halogens is 2. The van der Waals surface area contributed by atoms with Crippen LogP contribution in [0.25, 0.3) is 0 Å². The maximum absolute atomic E-state index is 12.3. The minimum atomic E-state index is -2.84. The standard InChI is InChI=1S/C17H21F2N3O2/c1-12(13-4-3-5-15(10-13)24-17(18)19)21-16-7-6-14(11-20-16)22(2)8-9-23/h3-7,10-12,17,23H,8-9H2,1-2H3,(H,20,21). The molecule has 0 bridgehead atoms. The number of aliphatic hydroxyl groups is 1. The Morgan fingerprint density at radius 3 is 2.71 bits per heavy atom. The predicted octanol–water partition coefficient (Wildman–Crippen LogP) is 3.28. The second-order valence-corrected chi connectivity index (χ2v) is 5.36. The molecule has 0 amide bonds. The number of nitrogens with zero attached hydrogens (tertiary/aromatic N) is 2. The Morgan fingerprint density at radius 2 is 2.08 bits per heavy atom. The van der Waals surface area contributed by atoms with Crippen molar-refractivity contribution >= 4 is 11.5 Å². The van der Waals surface area contributed by atoms with Gasteiger partial charge in [0.2, 0.25) is 0 Å². The third-order valence-electron chi connectivity index (χ3n) is 3.57. The molecule has 0 saturated heterocycles. The van der Waals surface area contributed by atoms with Crippen LogP contribution in [0.15, 0.2) is 42.6 Å². The summed E-state index contributed by atoms with van der Waals surface area (Å²) in [6.45, 7) is -0.324. The maximum atomic E-state index is 12.3. The number of aliphatic hydroxyl groups excluding tert-OH is 1. The van der Waals surface area contributed by atoms with Gasteiger partial charge in [0.1, 0.15) is 11.6 Å². The molecule has 2 rings (SSSR count). The van der Waals surface area contributed by atoms with E-state index in [1.165, 1.54) is 6.07 Å². The molecule has 1 aromatic heterocycles. The molecular formula is C17H21F2N3O2. The first-order valence-electron chi connectivity index (χ1n) is 7.59. The molecule has 0 radical (unpaired) electrons. The van der Waals surface area contributed by atoms with Crippen LogP contribution in [0.1, 0.15) is 18.5 Å². The van der Waals surface area contributed by atoms with Crippen LogP contribution < -0.4 is 15.0 Å². The van der Waals surface area contributed by atoms with Gasteiger partial charge in [-0.05, 0) is 36.8 Å². The van der Waals surface area contributed by atoms with Crippen molar-refractivity contribution in [3.63, 3.8) is 0 Å². The Hall–Kier alpha value is -2.41. The van der Waals surface area contributed by atoms with Crippen molar-refractivity contribution in [1.82, 2.24) is 4.98 Å². The number of alkyl halides is 2. The molecule has 2 aromatic rings. The quantitative estimate of drug-likeness (QED) is 0.774. The fourth-order valence-corrected chi connectivity index (χ4v) is 2.24. The molecule has 24 heavy (non-hydrogen) atoms. The molecule has 0 aliphatic rings. The third kappa shape index (κ3) is 5.06. The number of nitrogens with one attached hydrogen (secondary N) is 1. The maximum Gasteiger partial charge on any atom is 0.387 e. The predicted molar refractivity (Wildman–Crippen MR) is 89.7 cm³/mol. The molecule has 2 N–H and O–H groups in total. The first kappa shape index (κ1) is 17.9. The minimum absolute atomic E-state index is 0.0740. The van der Waals surface area contributed by atoms with Crippen molar-refractivity contribution < 1.29 is 18.6 Å². The van der Waals surface area contributed by atoms with Crippen molar-refractivity contribution in [1.29, 1.82) is 0 Å². The van der Waals surface area contributed by atoms with Crippen LogP contribution >= 0.6 is 0 Å². The molecule has 0 fully saturated rings. The van der Waals surface area contributed by atoms with Gasteiger partial charge in [-0.3, -0.25) is 0 Å². The number of benzene rings is 1. The molecule has 7 heteroatoms. The van der Waals surface area contributed by atoms with E-state index in [9.17, 15) is 8.78 Å². The zero-order valence-corrected chi connectivity index (χ0v) is 13.6. The Labute approximate surface area is 139 Å². The molecule has 1 atom stereocenters. The van der Waals surface area contributed by atoms with Crippen LogP contribution in [0.4, 0.5) is 20.3 Å². The molecule has 5 nitrogen and oxygen atoms in total. The fourth-order valence-electron chi connectivity index (χ4n) is 2.24. The van der Waals surface area contributed by atoms with E-state index in [0.717, 1.165) is 11.3 Å². The van der Waals surface area contributed by atoms with Crippen LogP contribution in [0.3, 0.4) is 0 Å². The largest absolute Gasteiger partial charge is 0.435 e. The van der Waals surface area contributed by atoms with E-state index < -0.39 is 6.61 Å². The van der Waals surface area contributed by atoms with E-state index in [0.29, 0.717) is 12.4 Å². The monoisotopic (exact) mass is 337 g/mol. The van der Waals surface area contributed by atoms with Crippen molar-refractivity contribution in [2.45, 2.75) is 19.6 Å². The Kier molecular flexibility index (Phi) is 6.31. The lowest BCUT2D eigenvalue weighted by atomic mass is 10.1. The summed E-state index contributed by atoms with van der Waals surface area (Å²) in [7, 11) is 1.87. The number of ether oxygens (including phenoxy) is 1. The van der Waals surface area contributed by atoms with Crippen molar-refractivity contribution in [2.24, 2.45) is 0 Å². The summed E-state index contributed by atoms with van der Waals surface area (Å²) in [5.41, 5.74) is 1.71. The van der Waals surface area contributed by atoms with E-state index in [2.05, 4.69) is 15.0 Å². The average molecular weight is 337 g/mol. The van der Waals surface area contributed by atoms with E-state index >= 15 is 0 Å². The first-order chi connectivity index (χ1) is 11.5. The van der Waals surface area contributed by atoms with Crippen molar-refractivity contribution in [2.75, 3.05) is 30.4 Å². The summed E-state index contributed by atoms with van der Waals surface area (Å²) in [5.74, 6) is 0.800. The molecule has 1 unspecified atom stereocenters. The number of hydrogen-bond donors (Lipinski definition) is 2. The first-order valence-corrected chi connectivity index (χ1v) is 7.59. The summed E-state index contributed by atoms with van der Waals surface area (Å²) in [6.07, 6.45) is 1.71. The summed E-state index contributed by atoms with van der Waals surface area (Å²) >= 11 is 0. The highest BCUT2D eigenvalue weighted by Gasteiger charge is 2.10. The second-order valence-electron chi connectivity index (χ2n) is 5.36. The minimum Gasteiger partial charge on any atom is -0.435 e. The van der Waals surface area contributed by atoms with Gasteiger partial charge in [-0.1, -0.05) is 12.1 Å². The second kappa shape index (κ2) is 8.44. The lowest BCUT2D eigenvalue weighted by Gasteiger charge is -2.19. The molecule has 0 spiro atoms. The Bertz CT molecular complexity index is 638. The van der Waals surface area contributed by atoms with Gasteiger partial charge >= 0.3 is 6.61 Å². The van der Waals surface area contributed by atoms with Crippen LogP contribution in [0.2, 0.25) is 0 Å². The van der Waals surface area contributed by atoms with Gasteiger partial charge in [-0.2, -0.15) is 8.78 Å². The number of pyridine rings is 1. The number of hydrogen-bond acceptors (Lipinski definition) is 5.